The van der Waals surface area contributed by atoms with E-state index in [1.165, 1.54) is 11.1 Å². The zero-order valence-electron chi connectivity index (χ0n) is 9.99. The van der Waals surface area contributed by atoms with Crippen LogP contribution in [0.1, 0.15) is 25.0 Å². The van der Waals surface area contributed by atoms with Crippen molar-refractivity contribution in [3.05, 3.63) is 35.4 Å². The van der Waals surface area contributed by atoms with Crippen molar-refractivity contribution in [2.75, 3.05) is 6.61 Å². The Hall–Kier alpha value is -0.791. The SMILES string of the molecule is C[Se]Cc1ccccc1C1=NC(C)(C)CO1. The molecule has 0 amide bonds. The molecule has 0 atom stereocenters. The molecule has 0 aliphatic carbocycles. The molecule has 0 unspecified atom stereocenters. The molecule has 1 aliphatic rings. The first-order chi connectivity index (χ1) is 7.62. The molecule has 0 fully saturated rings. The van der Waals surface area contributed by atoms with Gasteiger partial charge in [0.15, 0.2) is 0 Å². The predicted octanol–water partition coefficient (Wildman–Crippen LogP) is 2.49. The Labute approximate surface area is 103 Å². The first-order valence-corrected chi connectivity index (χ1v) is 8.35. The Morgan fingerprint density at radius 1 is 1.38 bits per heavy atom. The van der Waals surface area contributed by atoms with Crippen LogP contribution in [-0.2, 0) is 10.1 Å². The van der Waals surface area contributed by atoms with E-state index >= 15 is 0 Å². The second kappa shape index (κ2) is 4.60. The van der Waals surface area contributed by atoms with E-state index in [1.54, 1.807) is 0 Å². The standard InChI is InChI=1S/C13H17NOSe/c1-13(2)9-15-12(14-13)11-7-5-4-6-10(11)8-16-3/h4-7H,8-9H2,1-3H3. The summed E-state index contributed by atoms with van der Waals surface area (Å²) in [6.07, 6.45) is 0. The van der Waals surface area contributed by atoms with Crippen molar-refractivity contribution < 1.29 is 4.74 Å². The first kappa shape index (κ1) is 11.7. The fourth-order valence-corrected chi connectivity index (χ4v) is 2.91. The first-order valence-electron chi connectivity index (χ1n) is 5.42. The summed E-state index contributed by atoms with van der Waals surface area (Å²) in [5.41, 5.74) is 2.47. The normalized spacial score (nSPS) is 18.1. The number of hydrogen-bond acceptors (Lipinski definition) is 2. The summed E-state index contributed by atoms with van der Waals surface area (Å²) in [5, 5.41) is 1.14. The van der Waals surface area contributed by atoms with E-state index in [2.05, 4.69) is 48.9 Å². The molecule has 0 bridgehead atoms. The summed E-state index contributed by atoms with van der Waals surface area (Å²) >= 11 is 0.644. The van der Waals surface area contributed by atoms with Gasteiger partial charge >= 0.3 is 103 Å². The zero-order valence-corrected chi connectivity index (χ0v) is 11.7. The number of aliphatic imine (C=N–C) groups is 1. The Bertz CT molecular complexity index is 412. The van der Waals surface area contributed by atoms with Gasteiger partial charge in [0.05, 0.1) is 0 Å². The van der Waals surface area contributed by atoms with E-state index in [0.717, 1.165) is 11.2 Å². The van der Waals surface area contributed by atoms with Crippen LogP contribution in [0, 0.1) is 0 Å². The van der Waals surface area contributed by atoms with E-state index in [9.17, 15) is 0 Å². The van der Waals surface area contributed by atoms with E-state index in [0.29, 0.717) is 21.6 Å². The number of ether oxygens (including phenoxy) is 1. The number of nitrogens with zero attached hydrogens (tertiary/aromatic N) is 1. The average molecular weight is 282 g/mol. The molecule has 1 aliphatic heterocycles. The summed E-state index contributed by atoms with van der Waals surface area (Å²) in [7, 11) is 0. The number of benzene rings is 1. The van der Waals surface area contributed by atoms with Crippen LogP contribution in [0.4, 0.5) is 0 Å². The van der Waals surface area contributed by atoms with Gasteiger partial charge in [-0.25, -0.2) is 0 Å². The molecule has 1 heterocycles. The molecule has 16 heavy (non-hydrogen) atoms. The third kappa shape index (κ3) is 2.47. The molecule has 3 heteroatoms. The van der Waals surface area contributed by atoms with Crippen LogP contribution in [0.15, 0.2) is 29.3 Å². The molecular weight excluding hydrogens is 265 g/mol. The summed E-state index contributed by atoms with van der Waals surface area (Å²) in [4.78, 5) is 4.63. The molecule has 0 aromatic heterocycles. The molecule has 1 aromatic rings. The van der Waals surface area contributed by atoms with Gasteiger partial charge in [-0.1, -0.05) is 0 Å². The molecule has 0 spiro atoms. The van der Waals surface area contributed by atoms with Crippen LogP contribution in [0.25, 0.3) is 0 Å². The second-order valence-electron chi connectivity index (χ2n) is 4.61. The van der Waals surface area contributed by atoms with Gasteiger partial charge in [0.1, 0.15) is 0 Å². The van der Waals surface area contributed by atoms with Crippen LogP contribution in [0.3, 0.4) is 0 Å². The van der Waals surface area contributed by atoms with Crippen LogP contribution in [0.5, 0.6) is 0 Å². The Morgan fingerprint density at radius 2 is 2.12 bits per heavy atom. The van der Waals surface area contributed by atoms with Gasteiger partial charge in [-0.15, -0.1) is 0 Å². The predicted molar refractivity (Wildman–Crippen MR) is 68.3 cm³/mol. The molecular formula is C13H17NOSe. The van der Waals surface area contributed by atoms with Crippen LogP contribution >= 0.6 is 0 Å². The van der Waals surface area contributed by atoms with Crippen molar-refractivity contribution in [2.45, 2.75) is 30.5 Å². The van der Waals surface area contributed by atoms with Crippen molar-refractivity contribution in [3.63, 3.8) is 0 Å². The van der Waals surface area contributed by atoms with E-state index in [1.807, 2.05) is 0 Å². The molecule has 1 aromatic carbocycles. The Balaban J connectivity index is 2.34. The van der Waals surface area contributed by atoms with Crippen molar-refractivity contribution in [1.82, 2.24) is 0 Å². The minimum atomic E-state index is -0.0696. The third-order valence-corrected chi connectivity index (χ3v) is 3.77. The number of rotatable bonds is 3. The molecule has 2 rings (SSSR count). The zero-order chi connectivity index (χ0) is 11.6. The quantitative estimate of drug-likeness (QED) is 0.781. The molecule has 0 N–H and O–H groups in total. The van der Waals surface area contributed by atoms with Gasteiger partial charge in [-0.2, -0.15) is 0 Å². The van der Waals surface area contributed by atoms with Crippen molar-refractivity contribution in [3.8, 4) is 0 Å². The van der Waals surface area contributed by atoms with Crippen molar-refractivity contribution in [2.24, 2.45) is 4.99 Å². The van der Waals surface area contributed by atoms with Gasteiger partial charge < -0.3 is 0 Å². The topological polar surface area (TPSA) is 21.6 Å². The molecule has 2 nitrogen and oxygen atoms in total. The van der Waals surface area contributed by atoms with Crippen molar-refractivity contribution >= 4 is 20.9 Å². The fourth-order valence-electron chi connectivity index (χ4n) is 1.73. The number of hydrogen-bond donors (Lipinski definition) is 0. The Kier molecular flexibility index (Phi) is 3.36. The molecule has 0 radical (unpaired) electrons. The van der Waals surface area contributed by atoms with Gasteiger partial charge in [0, 0.05) is 0 Å². The maximum absolute atomic E-state index is 5.70. The molecule has 86 valence electrons. The monoisotopic (exact) mass is 283 g/mol. The fraction of sp³-hybridized carbons (Fsp3) is 0.462. The van der Waals surface area contributed by atoms with Gasteiger partial charge in [0.2, 0.25) is 0 Å². The van der Waals surface area contributed by atoms with Crippen LogP contribution < -0.4 is 0 Å². The van der Waals surface area contributed by atoms with Gasteiger partial charge in [-0.3, -0.25) is 0 Å². The van der Waals surface area contributed by atoms with E-state index in [-0.39, 0.29) is 5.54 Å². The molecule has 0 saturated carbocycles. The van der Waals surface area contributed by atoms with Crippen LogP contribution in [-0.4, -0.2) is 33.0 Å². The minimum absolute atomic E-state index is 0.0696. The molecule has 0 saturated heterocycles. The van der Waals surface area contributed by atoms with Crippen molar-refractivity contribution in [1.29, 1.82) is 0 Å². The van der Waals surface area contributed by atoms with Gasteiger partial charge in [-0.05, 0) is 0 Å². The average Bonchev–Trinajstić information content (AvgIpc) is 2.60. The maximum atomic E-state index is 5.70. The van der Waals surface area contributed by atoms with Gasteiger partial charge in [0.25, 0.3) is 0 Å². The van der Waals surface area contributed by atoms with E-state index < -0.39 is 0 Å². The van der Waals surface area contributed by atoms with Crippen LogP contribution in [0.2, 0.25) is 5.82 Å². The summed E-state index contributed by atoms with van der Waals surface area (Å²) in [6.45, 7) is 4.90. The summed E-state index contributed by atoms with van der Waals surface area (Å²) < 4.78 is 5.70. The third-order valence-electron chi connectivity index (χ3n) is 2.51. The summed E-state index contributed by atoms with van der Waals surface area (Å²) in [5.74, 6) is 3.08. The van der Waals surface area contributed by atoms with E-state index in [4.69, 9.17) is 4.74 Å². The Morgan fingerprint density at radius 3 is 2.75 bits per heavy atom. The second-order valence-corrected chi connectivity index (χ2v) is 6.43. The summed E-state index contributed by atoms with van der Waals surface area (Å²) in [6, 6.07) is 8.43.